The first-order valence-corrected chi connectivity index (χ1v) is 6.70. The maximum Gasteiger partial charge on any atom is 0.253 e. The van der Waals surface area contributed by atoms with Crippen LogP contribution in [0.5, 0.6) is 0 Å². The van der Waals surface area contributed by atoms with Gasteiger partial charge in [-0.2, -0.15) is 0 Å². The Morgan fingerprint density at radius 3 is 2.56 bits per heavy atom. The molecule has 0 spiro atoms. The molecule has 1 aliphatic carbocycles. The Morgan fingerprint density at radius 1 is 1.25 bits per heavy atom. The second-order valence-corrected chi connectivity index (χ2v) is 5.02. The highest BCUT2D eigenvalue weighted by atomic mass is 19.3. The lowest BCUT2D eigenvalue weighted by molar-refractivity contribution is 0.0493. The highest BCUT2D eigenvalue weighted by Crippen LogP contribution is 2.34. The van der Waals surface area contributed by atoms with E-state index in [1.807, 2.05) is 6.92 Å². The molecule has 0 saturated heterocycles. The van der Waals surface area contributed by atoms with Crippen LogP contribution >= 0.6 is 0 Å². The molecule has 0 amide bonds. The van der Waals surface area contributed by atoms with Crippen molar-refractivity contribution in [1.82, 2.24) is 5.32 Å². The second-order valence-electron chi connectivity index (χ2n) is 5.02. The third kappa shape index (κ3) is 4.00. The van der Waals surface area contributed by atoms with Crippen molar-refractivity contribution in [2.75, 3.05) is 6.54 Å². The van der Waals surface area contributed by atoms with Crippen molar-refractivity contribution in [1.29, 1.82) is 0 Å². The summed E-state index contributed by atoms with van der Waals surface area (Å²) in [6, 6.07) is -0.575. The van der Waals surface area contributed by atoms with Gasteiger partial charge >= 0.3 is 0 Å². The molecule has 0 heterocycles. The van der Waals surface area contributed by atoms with Crippen molar-refractivity contribution in [3.05, 3.63) is 0 Å². The number of halogens is 2. The van der Waals surface area contributed by atoms with E-state index in [-0.39, 0.29) is 5.92 Å². The highest BCUT2D eigenvalue weighted by Gasteiger charge is 2.32. The first-order chi connectivity index (χ1) is 7.69. The molecule has 1 rings (SSSR count). The molecule has 16 heavy (non-hydrogen) atoms. The van der Waals surface area contributed by atoms with Crippen molar-refractivity contribution in [3.8, 4) is 0 Å². The van der Waals surface area contributed by atoms with Gasteiger partial charge in [-0.05, 0) is 37.6 Å². The molecule has 0 radical (unpaired) electrons. The summed E-state index contributed by atoms with van der Waals surface area (Å²) in [5, 5.41) is 3.03. The van der Waals surface area contributed by atoms with E-state index in [1.54, 1.807) is 0 Å². The van der Waals surface area contributed by atoms with Crippen LogP contribution in [0.4, 0.5) is 8.78 Å². The summed E-state index contributed by atoms with van der Waals surface area (Å²) in [5.41, 5.74) is 0. The molecule has 0 bridgehead atoms. The topological polar surface area (TPSA) is 12.0 Å². The fraction of sp³-hybridized carbons (Fsp3) is 1.00. The zero-order chi connectivity index (χ0) is 12.0. The Hall–Kier alpha value is -0.180. The third-order valence-corrected chi connectivity index (χ3v) is 3.81. The molecule has 1 N–H and O–H groups in total. The van der Waals surface area contributed by atoms with Gasteiger partial charge in [-0.25, -0.2) is 8.78 Å². The van der Waals surface area contributed by atoms with Crippen LogP contribution in [0.3, 0.4) is 0 Å². The van der Waals surface area contributed by atoms with Crippen molar-refractivity contribution < 1.29 is 8.78 Å². The average molecular weight is 233 g/mol. The molecule has 3 heteroatoms. The summed E-state index contributed by atoms with van der Waals surface area (Å²) in [6.45, 7) is 4.90. The van der Waals surface area contributed by atoms with E-state index in [2.05, 4.69) is 12.2 Å². The van der Waals surface area contributed by atoms with Crippen LogP contribution in [0.25, 0.3) is 0 Å². The van der Waals surface area contributed by atoms with Gasteiger partial charge in [0, 0.05) is 0 Å². The van der Waals surface area contributed by atoms with Crippen LogP contribution in [0, 0.1) is 11.8 Å². The van der Waals surface area contributed by atoms with Gasteiger partial charge in [0.05, 0.1) is 6.04 Å². The Kier molecular flexibility index (Phi) is 6.25. The van der Waals surface area contributed by atoms with Crippen LogP contribution in [0.2, 0.25) is 0 Å². The summed E-state index contributed by atoms with van der Waals surface area (Å²) in [5.74, 6) is 0.855. The zero-order valence-corrected chi connectivity index (χ0v) is 10.5. The van der Waals surface area contributed by atoms with E-state index >= 15 is 0 Å². The molecule has 1 nitrogen and oxygen atoms in total. The number of rotatable bonds is 6. The standard InChI is InChI=1S/C13H25F2N/c1-3-8-16-12(13(14)15)11-7-5-6-10(4-2)9-11/h10-13,16H,3-9H2,1-2H3. The molecule has 1 saturated carbocycles. The molecule has 1 aliphatic rings. The maximum absolute atomic E-state index is 13.0. The molecule has 1 fully saturated rings. The third-order valence-electron chi connectivity index (χ3n) is 3.81. The Bertz CT molecular complexity index is 185. The van der Waals surface area contributed by atoms with Crippen molar-refractivity contribution in [3.63, 3.8) is 0 Å². The van der Waals surface area contributed by atoms with Crippen LogP contribution in [-0.4, -0.2) is 19.0 Å². The predicted octanol–water partition coefficient (Wildman–Crippen LogP) is 3.84. The van der Waals surface area contributed by atoms with Gasteiger partial charge in [-0.3, -0.25) is 0 Å². The maximum atomic E-state index is 13.0. The van der Waals surface area contributed by atoms with Gasteiger partial charge in [0.1, 0.15) is 0 Å². The lowest BCUT2D eigenvalue weighted by Crippen LogP contribution is -2.44. The van der Waals surface area contributed by atoms with Crippen molar-refractivity contribution in [2.24, 2.45) is 11.8 Å². The Balaban J connectivity index is 2.48. The summed E-state index contributed by atoms with van der Waals surface area (Å²) in [6.07, 6.45) is 4.17. The Labute approximate surface area is 98.0 Å². The summed E-state index contributed by atoms with van der Waals surface area (Å²) in [4.78, 5) is 0. The Morgan fingerprint density at radius 2 is 2.00 bits per heavy atom. The van der Waals surface area contributed by atoms with E-state index in [1.165, 1.54) is 6.42 Å². The van der Waals surface area contributed by atoms with E-state index in [0.29, 0.717) is 12.5 Å². The minimum Gasteiger partial charge on any atom is -0.309 e. The van der Waals surface area contributed by atoms with Crippen molar-refractivity contribution >= 4 is 0 Å². The second kappa shape index (κ2) is 7.21. The van der Waals surface area contributed by atoms with Gasteiger partial charge in [0.25, 0.3) is 6.43 Å². The molecule has 3 unspecified atom stereocenters. The largest absolute Gasteiger partial charge is 0.309 e. The van der Waals surface area contributed by atoms with Crippen LogP contribution < -0.4 is 5.32 Å². The van der Waals surface area contributed by atoms with Gasteiger partial charge in [0.2, 0.25) is 0 Å². The average Bonchev–Trinajstić information content (AvgIpc) is 2.29. The quantitative estimate of drug-likeness (QED) is 0.735. The van der Waals surface area contributed by atoms with Gasteiger partial charge in [-0.1, -0.05) is 33.1 Å². The summed E-state index contributed by atoms with van der Waals surface area (Å²) < 4.78 is 26.0. The number of nitrogens with one attached hydrogen (secondary N) is 1. The first-order valence-electron chi connectivity index (χ1n) is 6.70. The molecule has 96 valence electrons. The van der Waals surface area contributed by atoms with Gasteiger partial charge < -0.3 is 5.32 Å². The van der Waals surface area contributed by atoms with E-state index < -0.39 is 12.5 Å². The fourth-order valence-corrected chi connectivity index (χ4v) is 2.80. The smallest absolute Gasteiger partial charge is 0.253 e. The van der Waals surface area contributed by atoms with Gasteiger partial charge in [-0.15, -0.1) is 0 Å². The van der Waals surface area contributed by atoms with Crippen LogP contribution in [0.15, 0.2) is 0 Å². The molecular formula is C13H25F2N. The van der Waals surface area contributed by atoms with E-state index in [4.69, 9.17) is 0 Å². The highest BCUT2D eigenvalue weighted by molar-refractivity contribution is 4.83. The molecule has 0 aliphatic heterocycles. The minimum atomic E-state index is -2.22. The predicted molar refractivity (Wildman–Crippen MR) is 63.8 cm³/mol. The number of hydrogen-bond donors (Lipinski definition) is 1. The monoisotopic (exact) mass is 233 g/mol. The normalized spacial score (nSPS) is 28.3. The molecule has 3 atom stereocenters. The minimum absolute atomic E-state index is 0.185. The lowest BCUT2D eigenvalue weighted by Gasteiger charge is -2.34. The zero-order valence-electron chi connectivity index (χ0n) is 10.5. The summed E-state index contributed by atoms with van der Waals surface area (Å²) >= 11 is 0. The fourth-order valence-electron chi connectivity index (χ4n) is 2.80. The van der Waals surface area contributed by atoms with E-state index in [0.717, 1.165) is 32.1 Å². The number of alkyl halides is 2. The molecule has 0 aromatic rings. The molecule has 0 aromatic heterocycles. The summed E-state index contributed by atoms with van der Waals surface area (Å²) in [7, 11) is 0. The lowest BCUT2D eigenvalue weighted by atomic mass is 9.77. The molecular weight excluding hydrogens is 208 g/mol. The molecule has 0 aromatic carbocycles. The van der Waals surface area contributed by atoms with Crippen LogP contribution in [-0.2, 0) is 0 Å². The first kappa shape index (κ1) is 13.9. The van der Waals surface area contributed by atoms with Crippen LogP contribution in [0.1, 0.15) is 52.4 Å². The number of hydrogen-bond acceptors (Lipinski definition) is 1. The SMILES string of the molecule is CCCNC(C(F)F)C1CCCC(CC)C1. The van der Waals surface area contributed by atoms with E-state index in [9.17, 15) is 8.78 Å². The van der Waals surface area contributed by atoms with Crippen molar-refractivity contribution in [2.45, 2.75) is 64.8 Å². The van der Waals surface area contributed by atoms with Gasteiger partial charge in [0.15, 0.2) is 0 Å².